The van der Waals surface area contributed by atoms with Crippen molar-refractivity contribution in [2.24, 2.45) is 0 Å². The van der Waals surface area contributed by atoms with Crippen LogP contribution in [0.4, 0.5) is 0 Å². The molecule has 0 unspecified atom stereocenters. The maximum Gasteiger partial charge on any atom is 0.330 e. The molecule has 0 atom stereocenters. The van der Waals surface area contributed by atoms with Crippen molar-refractivity contribution in [3.63, 3.8) is 0 Å². The fraction of sp³-hybridized carbons (Fsp3) is 0.714. The van der Waals surface area contributed by atoms with Gasteiger partial charge in [-0.2, -0.15) is 0 Å². The Bertz CT molecular complexity index is 285. The van der Waals surface area contributed by atoms with E-state index in [0.717, 1.165) is 0 Å². The second-order valence-corrected chi connectivity index (χ2v) is 3.97. The summed E-state index contributed by atoms with van der Waals surface area (Å²) >= 11 is 0. The smallest absolute Gasteiger partial charge is 0.330 e. The molecule has 0 saturated heterocycles. The average molecular weight is 273 g/mol. The fourth-order valence-electron chi connectivity index (χ4n) is 1.04. The van der Waals surface area contributed by atoms with E-state index in [4.69, 9.17) is 9.47 Å². The summed E-state index contributed by atoms with van der Waals surface area (Å²) in [5, 5.41) is 2.97. The summed E-state index contributed by atoms with van der Waals surface area (Å²) in [7, 11) is 0. The minimum absolute atomic E-state index is 0.105. The van der Waals surface area contributed by atoms with Gasteiger partial charge in [0, 0.05) is 11.6 Å². The molecule has 0 radical (unpaired) electrons. The molecule has 0 aromatic rings. The highest BCUT2D eigenvalue weighted by Crippen LogP contribution is 2.04. The van der Waals surface area contributed by atoms with E-state index in [9.17, 15) is 9.59 Å². The van der Waals surface area contributed by atoms with Gasteiger partial charge in [0.1, 0.15) is 0 Å². The number of hydrogen-bond acceptors (Lipinski definition) is 5. The van der Waals surface area contributed by atoms with Crippen molar-refractivity contribution >= 4 is 11.9 Å². The molecule has 5 nitrogen and oxygen atoms in total. The standard InChI is InChI=1S/C12H21NO4.C2H6/c1-5-16-10(14)7-8-12(3,4)13-9-11(15)17-6-2;1-2/h7-8,13H,5-6,9H2,1-4H3;1-2H3/b8-7+;. The van der Waals surface area contributed by atoms with E-state index in [1.54, 1.807) is 19.9 Å². The van der Waals surface area contributed by atoms with E-state index in [2.05, 4.69) is 5.32 Å². The molecule has 0 spiro atoms. The molecule has 0 saturated carbocycles. The van der Waals surface area contributed by atoms with Crippen LogP contribution in [-0.2, 0) is 19.1 Å². The van der Waals surface area contributed by atoms with Crippen molar-refractivity contribution < 1.29 is 19.1 Å². The first-order valence-electron chi connectivity index (χ1n) is 6.68. The van der Waals surface area contributed by atoms with Crippen LogP contribution in [0.15, 0.2) is 12.2 Å². The van der Waals surface area contributed by atoms with Gasteiger partial charge >= 0.3 is 11.9 Å². The third-order valence-corrected chi connectivity index (χ3v) is 1.92. The number of esters is 2. The topological polar surface area (TPSA) is 64.6 Å². The van der Waals surface area contributed by atoms with Gasteiger partial charge in [-0.15, -0.1) is 0 Å². The molecule has 0 rings (SSSR count). The Balaban J connectivity index is 0. The zero-order chi connectivity index (χ0) is 15.3. The molecule has 0 bridgehead atoms. The van der Waals surface area contributed by atoms with E-state index in [1.807, 2.05) is 27.7 Å². The predicted molar refractivity (Wildman–Crippen MR) is 75.8 cm³/mol. The summed E-state index contributed by atoms with van der Waals surface area (Å²) in [6.07, 6.45) is 3.01. The van der Waals surface area contributed by atoms with Gasteiger partial charge in [0.15, 0.2) is 0 Å². The quantitative estimate of drug-likeness (QED) is 0.568. The number of rotatable bonds is 7. The molecule has 0 aliphatic heterocycles. The van der Waals surface area contributed by atoms with E-state index >= 15 is 0 Å². The Morgan fingerprint density at radius 1 is 1.11 bits per heavy atom. The van der Waals surface area contributed by atoms with Crippen molar-refractivity contribution in [1.29, 1.82) is 0 Å². The van der Waals surface area contributed by atoms with Crippen LogP contribution in [0.5, 0.6) is 0 Å². The van der Waals surface area contributed by atoms with Crippen LogP contribution in [0.1, 0.15) is 41.5 Å². The van der Waals surface area contributed by atoms with Crippen LogP contribution in [0.3, 0.4) is 0 Å². The van der Waals surface area contributed by atoms with Crippen LogP contribution >= 0.6 is 0 Å². The van der Waals surface area contributed by atoms with Crippen LogP contribution in [0, 0.1) is 0 Å². The van der Waals surface area contributed by atoms with Crippen LogP contribution in [0.2, 0.25) is 0 Å². The second kappa shape index (κ2) is 11.7. The normalized spacial score (nSPS) is 10.6. The molecule has 19 heavy (non-hydrogen) atoms. The number of ether oxygens (including phenoxy) is 2. The van der Waals surface area contributed by atoms with Crippen LogP contribution < -0.4 is 5.32 Å². The summed E-state index contributed by atoms with van der Waals surface area (Å²) in [5.74, 6) is -0.705. The minimum atomic E-state index is -0.473. The lowest BCUT2D eigenvalue weighted by Gasteiger charge is -2.21. The number of nitrogens with one attached hydrogen (secondary N) is 1. The molecular weight excluding hydrogens is 246 g/mol. The van der Waals surface area contributed by atoms with E-state index in [1.165, 1.54) is 6.08 Å². The number of carbonyl (C=O) groups excluding carboxylic acids is 2. The highest BCUT2D eigenvalue weighted by Gasteiger charge is 2.15. The fourth-order valence-corrected chi connectivity index (χ4v) is 1.04. The SMILES string of the molecule is CC.CCOC(=O)/C=C/C(C)(C)NCC(=O)OCC. The van der Waals surface area contributed by atoms with E-state index in [-0.39, 0.29) is 12.5 Å². The molecule has 0 aliphatic carbocycles. The molecular formula is C14H27NO4. The van der Waals surface area contributed by atoms with Crippen LogP contribution in [0.25, 0.3) is 0 Å². The maximum absolute atomic E-state index is 11.1. The molecule has 0 heterocycles. The Hall–Kier alpha value is -1.36. The Morgan fingerprint density at radius 3 is 2.11 bits per heavy atom. The first-order chi connectivity index (χ1) is 8.91. The molecule has 1 N–H and O–H groups in total. The Morgan fingerprint density at radius 2 is 1.63 bits per heavy atom. The molecule has 0 amide bonds. The minimum Gasteiger partial charge on any atom is -0.465 e. The second-order valence-electron chi connectivity index (χ2n) is 3.97. The molecule has 0 aromatic carbocycles. The highest BCUT2D eigenvalue weighted by molar-refractivity contribution is 5.82. The van der Waals surface area contributed by atoms with Gasteiger partial charge in [-0.25, -0.2) is 4.79 Å². The summed E-state index contributed by atoms with van der Waals surface area (Å²) in [5.41, 5.74) is -0.473. The maximum atomic E-state index is 11.1. The van der Waals surface area contributed by atoms with Gasteiger partial charge in [-0.3, -0.25) is 10.1 Å². The van der Waals surface area contributed by atoms with E-state index < -0.39 is 11.5 Å². The van der Waals surface area contributed by atoms with Gasteiger partial charge in [0.25, 0.3) is 0 Å². The summed E-state index contributed by atoms with van der Waals surface area (Å²) in [6, 6.07) is 0. The first kappa shape index (κ1) is 20.0. The van der Waals surface area contributed by atoms with Gasteiger partial charge in [0.2, 0.25) is 0 Å². The third kappa shape index (κ3) is 12.9. The predicted octanol–water partition coefficient (Wildman–Crippen LogP) is 2.06. The average Bonchev–Trinajstić information content (AvgIpc) is 2.38. The largest absolute Gasteiger partial charge is 0.465 e. The van der Waals surface area contributed by atoms with Crippen molar-refractivity contribution in [2.45, 2.75) is 47.1 Å². The molecule has 0 fully saturated rings. The zero-order valence-corrected chi connectivity index (χ0v) is 12.9. The van der Waals surface area contributed by atoms with Crippen molar-refractivity contribution in [1.82, 2.24) is 5.32 Å². The summed E-state index contributed by atoms with van der Waals surface area (Å²) < 4.78 is 9.54. The third-order valence-electron chi connectivity index (χ3n) is 1.92. The highest BCUT2D eigenvalue weighted by atomic mass is 16.5. The first-order valence-corrected chi connectivity index (χ1v) is 6.68. The monoisotopic (exact) mass is 273 g/mol. The summed E-state index contributed by atoms with van der Waals surface area (Å²) in [6.45, 7) is 12.0. The van der Waals surface area contributed by atoms with Gasteiger partial charge in [0.05, 0.1) is 19.8 Å². The number of hydrogen-bond donors (Lipinski definition) is 1. The van der Waals surface area contributed by atoms with Gasteiger partial charge < -0.3 is 9.47 Å². The van der Waals surface area contributed by atoms with Crippen LogP contribution in [-0.4, -0.2) is 37.2 Å². The Kier molecular flexibility index (Phi) is 12.3. The Labute approximate surface area is 116 Å². The molecule has 0 aliphatic rings. The lowest BCUT2D eigenvalue weighted by molar-refractivity contribution is -0.142. The number of carbonyl (C=O) groups is 2. The lowest BCUT2D eigenvalue weighted by Crippen LogP contribution is -2.41. The van der Waals surface area contributed by atoms with Gasteiger partial charge in [-0.05, 0) is 27.7 Å². The zero-order valence-electron chi connectivity index (χ0n) is 12.9. The van der Waals surface area contributed by atoms with Gasteiger partial charge in [-0.1, -0.05) is 19.9 Å². The van der Waals surface area contributed by atoms with Crippen molar-refractivity contribution in [3.8, 4) is 0 Å². The molecule has 5 heteroatoms. The summed E-state index contributed by atoms with van der Waals surface area (Å²) in [4.78, 5) is 22.2. The molecule has 112 valence electrons. The van der Waals surface area contributed by atoms with E-state index in [0.29, 0.717) is 13.2 Å². The van der Waals surface area contributed by atoms with Crippen molar-refractivity contribution in [2.75, 3.05) is 19.8 Å². The molecule has 0 aromatic heterocycles. The van der Waals surface area contributed by atoms with Crippen molar-refractivity contribution in [3.05, 3.63) is 12.2 Å². The lowest BCUT2D eigenvalue weighted by atomic mass is 10.1.